The number of benzene rings is 2. The van der Waals surface area contributed by atoms with Gasteiger partial charge in [0.15, 0.2) is 0 Å². The van der Waals surface area contributed by atoms with Crippen molar-refractivity contribution in [1.29, 1.82) is 0 Å². The van der Waals surface area contributed by atoms with Gasteiger partial charge in [0.1, 0.15) is 4.90 Å². The third-order valence-electron chi connectivity index (χ3n) is 4.22. The highest BCUT2D eigenvalue weighted by Gasteiger charge is 2.24. The fourth-order valence-corrected chi connectivity index (χ4v) is 4.35. The number of nitrogens with one attached hydrogen (secondary N) is 1. The first-order chi connectivity index (χ1) is 11.5. The summed E-state index contributed by atoms with van der Waals surface area (Å²) >= 11 is 0. The Labute approximate surface area is 141 Å². The highest BCUT2D eigenvalue weighted by molar-refractivity contribution is 7.92. The molecule has 0 bridgehead atoms. The lowest BCUT2D eigenvalue weighted by Gasteiger charge is -2.20. The molecule has 3 rings (SSSR count). The van der Waals surface area contributed by atoms with Gasteiger partial charge in [0.2, 0.25) is 0 Å². The summed E-state index contributed by atoms with van der Waals surface area (Å²) in [5.41, 5.74) is 2.84. The largest absolute Gasteiger partial charge is 0.465 e. The van der Waals surface area contributed by atoms with Gasteiger partial charge in [0.25, 0.3) is 10.0 Å². The molecule has 1 aliphatic carbocycles. The summed E-state index contributed by atoms with van der Waals surface area (Å²) in [6, 6.07) is 11.7. The molecular formula is C18H19NO4S. The molecule has 0 heterocycles. The van der Waals surface area contributed by atoms with E-state index in [0.29, 0.717) is 5.69 Å². The number of carbonyl (C=O) groups is 1. The standard InChI is InChI=1S/C18H19NO4S/c1-23-18(20)15-10-4-5-12-17(15)24(21,22)19-16-11-6-8-13-7-2-3-9-14(13)16/h4-6,8,10-12,19H,2-3,7,9H2,1H3. The number of methoxy groups -OCH3 is 1. The third-order valence-corrected chi connectivity index (χ3v) is 5.65. The van der Waals surface area contributed by atoms with Crippen LogP contribution in [0.25, 0.3) is 0 Å². The molecule has 2 aromatic rings. The van der Waals surface area contributed by atoms with Crippen LogP contribution in [-0.2, 0) is 27.6 Å². The number of hydrogen-bond donors (Lipinski definition) is 1. The molecule has 0 amide bonds. The molecule has 0 saturated heterocycles. The number of ether oxygens (including phenoxy) is 1. The van der Waals surface area contributed by atoms with Crippen LogP contribution in [0.15, 0.2) is 47.4 Å². The number of aryl methyl sites for hydroxylation is 1. The molecule has 0 aliphatic heterocycles. The predicted molar refractivity (Wildman–Crippen MR) is 91.7 cm³/mol. The van der Waals surface area contributed by atoms with E-state index in [2.05, 4.69) is 9.46 Å². The van der Waals surface area contributed by atoms with Gasteiger partial charge in [0.05, 0.1) is 18.4 Å². The van der Waals surface area contributed by atoms with Gasteiger partial charge >= 0.3 is 5.97 Å². The number of hydrogen-bond acceptors (Lipinski definition) is 4. The summed E-state index contributed by atoms with van der Waals surface area (Å²) in [6.45, 7) is 0. The van der Waals surface area contributed by atoms with E-state index >= 15 is 0 Å². The van der Waals surface area contributed by atoms with E-state index in [1.54, 1.807) is 18.2 Å². The zero-order valence-electron chi connectivity index (χ0n) is 13.4. The molecule has 24 heavy (non-hydrogen) atoms. The Morgan fingerprint density at radius 3 is 2.58 bits per heavy atom. The molecule has 0 saturated carbocycles. The molecule has 0 radical (unpaired) electrons. The Bertz CT molecular complexity index is 874. The van der Waals surface area contributed by atoms with E-state index in [1.165, 1.54) is 24.8 Å². The summed E-state index contributed by atoms with van der Waals surface area (Å²) in [5.74, 6) is -0.675. The van der Waals surface area contributed by atoms with E-state index in [4.69, 9.17) is 0 Å². The van der Waals surface area contributed by atoms with Gasteiger partial charge in [0, 0.05) is 0 Å². The molecule has 0 atom stereocenters. The van der Waals surface area contributed by atoms with E-state index < -0.39 is 16.0 Å². The van der Waals surface area contributed by atoms with Crippen LogP contribution in [0.3, 0.4) is 0 Å². The first-order valence-corrected chi connectivity index (χ1v) is 9.32. The molecule has 2 aromatic carbocycles. The van der Waals surface area contributed by atoms with Gasteiger partial charge in [-0.3, -0.25) is 4.72 Å². The molecule has 1 N–H and O–H groups in total. The Morgan fingerprint density at radius 1 is 1.04 bits per heavy atom. The van der Waals surface area contributed by atoms with Gasteiger partial charge in [-0.1, -0.05) is 24.3 Å². The molecule has 5 nitrogen and oxygen atoms in total. The van der Waals surface area contributed by atoms with Crippen molar-refractivity contribution >= 4 is 21.7 Å². The minimum absolute atomic E-state index is 0.0253. The molecule has 0 fully saturated rings. The first-order valence-electron chi connectivity index (χ1n) is 7.84. The highest BCUT2D eigenvalue weighted by atomic mass is 32.2. The maximum absolute atomic E-state index is 12.8. The van der Waals surface area contributed by atoms with Crippen molar-refractivity contribution in [3.63, 3.8) is 0 Å². The van der Waals surface area contributed by atoms with Crippen LogP contribution in [0.5, 0.6) is 0 Å². The van der Waals surface area contributed by atoms with Crippen LogP contribution in [0.4, 0.5) is 5.69 Å². The normalized spacial score (nSPS) is 13.9. The second kappa shape index (κ2) is 6.65. The summed E-state index contributed by atoms with van der Waals surface area (Å²) in [5, 5.41) is 0. The fraction of sp³-hybridized carbons (Fsp3) is 0.278. The Hall–Kier alpha value is -2.34. The summed E-state index contributed by atoms with van der Waals surface area (Å²) < 4.78 is 32.9. The van der Waals surface area contributed by atoms with Crippen LogP contribution in [0, 0.1) is 0 Å². The van der Waals surface area contributed by atoms with Crippen LogP contribution < -0.4 is 4.72 Å². The second-order valence-corrected chi connectivity index (χ2v) is 7.39. The van der Waals surface area contributed by atoms with Crippen molar-refractivity contribution in [3.05, 3.63) is 59.2 Å². The average Bonchev–Trinajstić information content (AvgIpc) is 2.61. The van der Waals surface area contributed by atoms with Crippen molar-refractivity contribution < 1.29 is 17.9 Å². The Kier molecular flexibility index (Phi) is 4.57. The summed E-state index contributed by atoms with van der Waals surface area (Å²) in [7, 11) is -2.65. The Balaban J connectivity index is 2.01. The van der Waals surface area contributed by atoms with E-state index in [9.17, 15) is 13.2 Å². The lowest BCUT2D eigenvalue weighted by molar-refractivity contribution is 0.0596. The fourth-order valence-electron chi connectivity index (χ4n) is 3.06. The second-order valence-electron chi connectivity index (χ2n) is 5.74. The maximum atomic E-state index is 12.8. The number of fused-ring (bicyclic) bond motifs is 1. The number of sulfonamides is 1. The smallest absolute Gasteiger partial charge is 0.339 e. The quantitative estimate of drug-likeness (QED) is 0.864. The zero-order valence-corrected chi connectivity index (χ0v) is 14.2. The minimum Gasteiger partial charge on any atom is -0.465 e. The molecule has 126 valence electrons. The van der Waals surface area contributed by atoms with Crippen molar-refractivity contribution in [2.24, 2.45) is 0 Å². The number of rotatable bonds is 4. The number of anilines is 1. The van der Waals surface area contributed by atoms with Gasteiger partial charge in [-0.2, -0.15) is 0 Å². The van der Waals surface area contributed by atoms with E-state index in [1.807, 2.05) is 12.1 Å². The molecule has 0 spiro atoms. The van der Waals surface area contributed by atoms with Crippen molar-refractivity contribution in [1.82, 2.24) is 0 Å². The molecule has 6 heteroatoms. The summed E-state index contributed by atoms with van der Waals surface area (Å²) in [6.07, 6.45) is 3.98. The Morgan fingerprint density at radius 2 is 1.79 bits per heavy atom. The van der Waals surface area contributed by atoms with Crippen LogP contribution in [0.2, 0.25) is 0 Å². The van der Waals surface area contributed by atoms with E-state index in [-0.39, 0.29) is 10.5 Å². The lowest BCUT2D eigenvalue weighted by atomic mass is 9.91. The SMILES string of the molecule is COC(=O)c1ccccc1S(=O)(=O)Nc1cccc2c1CCCC2. The monoisotopic (exact) mass is 345 g/mol. The average molecular weight is 345 g/mol. The van der Waals surface area contributed by atoms with Crippen LogP contribution >= 0.6 is 0 Å². The van der Waals surface area contributed by atoms with Gasteiger partial charge in [-0.05, 0) is 55.0 Å². The predicted octanol–water partition coefficient (Wildman–Crippen LogP) is 3.15. The van der Waals surface area contributed by atoms with Crippen molar-refractivity contribution in [2.75, 3.05) is 11.8 Å². The topological polar surface area (TPSA) is 72.5 Å². The zero-order chi connectivity index (χ0) is 17.2. The highest BCUT2D eigenvalue weighted by Crippen LogP contribution is 2.30. The first kappa shape index (κ1) is 16.5. The molecule has 0 unspecified atom stereocenters. The van der Waals surface area contributed by atoms with E-state index in [0.717, 1.165) is 31.2 Å². The van der Waals surface area contributed by atoms with Gasteiger partial charge in [-0.15, -0.1) is 0 Å². The molecular weight excluding hydrogens is 326 g/mol. The molecule has 1 aliphatic rings. The minimum atomic E-state index is -3.88. The molecule has 0 aromatic heterocycles. The maximum Gasteiger partial charge on any atom is 0.339 e. The number of esters is 1. The van der Waals surface area contributed by atoms with Crippen LogP contribution in [0.1, 0.15) is 34.3 Å². The lowest BCUT2D eigenvalue weighted by Crippen LogP contribution is -2.19. The third kappa shape index (κ3) is 3.14. The summed E-state index contributed by atoms with van der Waals surface area (Å²) in [4.78, 5) is 11.8. The van der Waals surface area contributed by atoms with Crippen molar-refractivity contribution in [3.8, 4) is 0 Å². The van der Waals surface area contributed by atoms with Gasteiger partial charge in [-0.25, -0.2) is 13.2 Å². The van der Waals surface area contributed by atoms with Gasteiger partial charge < -0.3 is 4.74 Å². The van der Waals surface area contributed by atoms with Crippen LogP contribution in [-0.4, -0.2) is 21.5 Å². The van der Waals surface area contributed by atoms with Crippen molar-refractivity contribution in [2.45, 2.75) is 30.6 Å². The number of carbonyl (C=O) groups excluding carboxylic acids is 1.